The Bertz CT molecular complexity index is 449. The minimum absolute atomic E-state index is 0.119. The Balaban J connectivity index is 2.21. The number of ether oxygens (including phenoxy) is 1. The van der Waals surface area contributed by atoms with E-state index in [0.29, 0.717) is 19.6 Å². The highest BCUT2D eigenvalue weighted by molar-refractivity contribution is 5.76. The number of nitrogens with zero attached hydrogens (tertiary/aromatic N) is 1. The molecule has 19 heavy (non-hydrogen) atoms. The lowest BCUT2D eigenvalue weighted by molar-refractivity contribution is -0.484. The van der Waals surface area contributed by atoms with E-state index in [1.807, 2.05) is 30.3 Å². The van der Waals surface area contributed by atoms with E-state index in [9.17, 15) is 14.9 Å². The molecule has 0 bridgehead atoms. The Morgan fingerprint density at radius 2 is 2.16 bits per heavy atom. The second-order valence-corrected chi connectivity index (χ2v) is 4.53. The Labute approximate surface area is 110 Å². The van der Waals surface area contributed by atoms with Crippen molar-refractivity contribution in [2.75, 3.05) is 19.8 Å². The fourth-order valence-electron chi connectivity index (χ4n) is 2.24. The molecule has 0 saturated carbocycles. The van der Waals surface area contributed by atoms with Gasteiger partial charge in [0.2, 0.25) is 12.5 Å². The molecule has 1 heterocycles. The summed E-state index contributed by atoms with van der Waals surface area (Å²) in [6.07, 6.45) is 0.302. The molecular formula is C13H16N2O4. The Kier molecular flexibility index (Phi) is 4.46. The zero-order valence-electron chi connectivity index (χ0n) is 10.5. The topological polar surface area (TPSA) is 81.5 Å². The summed E-state index contributed by atoms with van der Waals surface area (Å²) in [5.74, 6) is -0.495. The monoisotopic (exact) mass is 264 g/mol. The summed E-state index contributed by atoms with van der Waals surface area (Å²) in [6, 6.07) is 8.84. The average Bonchev–Trinajstić information content (AvgIpc) is 2.61. The third-order valence-corrected chi connectivity index (χ3v) is 3.18. The molecule has 0 aromatic heterocycles. The quantitative estimate of drug-likeness (QED) is 0.648. The van der Waals surface area contributed by atoms with Crippen LogP contribution in [0.4, 0.5) is 0 Å². The molecule has 102 valence electrons. The van der Waals surface area contributed by atoms with E-state index in [1.165, 1.54) is 0 Å². The van der Waals surface area contributed by atoms with Gasteiger partial charge in [-0.1, -0.05) is 30.3 Å². The third kappa shape index (κ3) is 3.75. The number of nitrogens with one attached hydrogen (secondary N) is 1. The van der Waals surface area contributed by atoms with Crippen LogP contribution in [0, 0.1) is 10.1 Å². The van der Waals surface area contributed by atoms with Crippen LogP contribution in [-0.2, 0) is 9.53 Å². The Morgan fingerprint density at radius 1 is 1.42 bits per heavy atom. The lowest BCUT2D eigenvalue weighted by Gasteiger charge is -2.23. The third-order valence-electron chi connectivity index (χ3n) is 3.18. The van der Waals surface area contributed by atoms with E-state index in [0.717, 1.165) is 5.56 Å². The summed E-state index contributed by atoms with van der Waals surface area (Å²) in [4.78, 5) is 22.0. The van der Waals surface area contributed by atoms with Crippen molar-refractivity contribution in [3.05, 3.63) is 46.0 Å². The molecule has 2 rings (SSSR count). The van der Waals surface area contributed by atoms with Crippen molar-refractivity contribution < 1.29 is 14.5 Å². The molecule has 2 unspecified atom stereocenters. The first kappa shape index (κ1) is 13.5. The molecule has 1 amide bonds. The summed E-state index contributed by atoms with van der Waals surface area (Å²) in [5.41, 5.74) is 0.843. The molecule has 1 fully saturated rings. The van der Waals surface area contributed by atoms with Crippen LogP contribution in [0.5, 0.6) is 0 Å². The van der Waals surface area contributed by atoms with Gasteiger partial charge in [0.25, 0.3) is 0 Å². The number of rotatable bonds is 4. The van der Waals surface area contributed by atoms with Gasteiger partial charge in [0.05, 0.1) is 25.2 Å². The van der Waals surface area contributed by atoms with Crippen LogP contribution in [0.3, 0.4) is 0 Å². The minimum atomic E-state index is -0.377. The van der Waals surface area contributed by atoms with Crippen LogP contribution in [0.25, 0.3) is 0 Å². The van der Waals surface area contributed by atoms with Crippen LogP contribution >= 0.6 is 0 Å². The molecule has 1 aromatic carbocycles. The summed E-state index contributed by atoms with van der Waals surface area (Å²) in [5, 5.41) is 13.7. The summed E-state index contributed by atoms with van der Waals surface area (Å²) < 4.78 is 5.36. The molecule has 1 aliphatic rings. The number of benzene rings is 1. The molecule has 0 spiro atoms. The second-order valence-electron chi connectivity index (χ2n) is 4.53. The van der Waals surface area contributed by atoms with E-state index >= 15 is 0 Å². The zero-order chi connectivity index (χ0) is 13.7. The summed E-state index contributed by atoms with van der Waals surface area (Å²) in [6.45, 7) is 0.444. The van der Waals surface area contributed by atoms with Gasteiger partial charge < -0.3 is 10.1 Å². The Morgan fingerprint density at radius 3 is 2.84 bits per heavy atom. The van der Waals surface area contributed by atoms with Crippen LogP contribution in [0.2, 0.25) is 0 Å². The van der Waals surface area contributed by atoms with Gasteiger partial charge in [0.15, 0.2) is 0 Å². The van der Waals surface area contributed by atoms with Crippen molar-refractivity contribution in [2.45, 2.75) is 18.4 Å². The standard InChI is InChI=1S/C13H16N2O4/c16-13-6-7-19-9-12(14-13)11(8-15(17)18)10-4-2-1-3-5-10/h1-5,11-12H,6-9H2,(H,14,16). The maximum atomic E-state index is 11.6. The van der Waals surface area contributed by atoms with E-state index in [4.69, 9.17) is 4.74 Å². The van der Waals surface area contributed by atoms with Crippen molar-refractivity contribution in [3.63, 3.8) is 0 Å². The van der Waals surface area contributed by atoms with E-state index in [2.05, 4.69) is 5.32 Å². The molecule has 1 N–H and O–H groups in total. The molecular weight excluding hydrogens is 248 g/mol. The normalized spacial score (nSPS) is 21.3. The number of hydrogen-bond acceptors (Lipinski definition) is 4. The minimum Gasteiger partial charge on any atom is -0.379 e. The van der Waals surface area contributed by atoms with Crippen LogP contribution in [0.1, 0.15) is 17.9 Å². The Hall–Kier alpha value is -1.95. The maximum Gasteiger partial charge on any atom is 0.222 e. The molecule has 6 heteroatoms. The predicted molar refractivity (Wildman–Crippen MR) is 68.4 cm³/mol. The number of hydrogen-bond donors (Lipinski definition) is 1. The first-order chi connectivity index (χ1) is 9.16. The number of carbonyl (C=O) groups excluding carboxylic acids is 1. The maximum absolute atomic E-state index is 11.6. The van der Waals surface area contributed by atoms with Gasteiger partial charge in [-0.25, -0.2) is 0 Å². The van der Waals surface area contributed by atoms with Crippen LogP contribution < -0.4 is 5.32 Å². The van der Waals surface area contributed by atoms with Crippen molar-refractivity contribution in [1.29, 1.82) is 0 Å². The zero-order valence-corrected chi connectivity index (χ0v) is 10.5. The summed E-state index contributed by atoms with van der Waals surface area (Å²) >= 11 is 0. The molecule has 1 aliphatic heterocycles. The van der Waals surface area contributed by atoms with Crippen LogP contribution in [-0.4, -0.2) is 36.6 Å². The van der Waals surface area contributed by atoms with Gasteiger partial charge in [0, 0.05) is 11.3 Å². The van der Waals surface area contributed by atoms with Gasteiger partial charge in [-0.05, 0) is 5.56 Å². The first-order valence-electron chi connectivity index (χ1n) is 6.20. The molecule has 1 aromatic rings. The van der Waals surface area contributed by atoms with Crippen molar-refractivity contribution in [1.82, 2.24) is 5.32 Å². The first-order valence-corrected chi connectivity index (χ1v) is 6.20. The van der Waals surface area contributed by atoms with Gasteiger partial charge in [-0.15, -0.1) is 0 Å². The lowest BCUT2D eigenvalue weighted by atomic mass is 9.91. The van der Waals surface area contributed by atoms with Gasteiger partial charge in [0.1, 0.15) is 0 Å². The number of nitro groups is 1. The van der Waals surface area contributed by atoms with E-state index < -0.39 is 0 Å². The number of carbonyl (C=O) groups is 1. The fourth-order valence-corrected chi connectivity index (χ4v) is 2.24. The average molecular weight is 264 g/mol. The second kappa shape index (κ2) is 6.29. The van der Waals surface area contributed by atoms with Crippen molar-refractivity contribution >= 4 is 5.91 Å². The SMILES string of the molecule is O=C1CCOCC(C(C[N+](=O)[O-])c2ccccc2)N1. The van der Waals surface area contributed by atoms with Crippen molar-refractivity contribution in [3.8, 4) is 0 Å². The molecule has 0 radical (unpaired) electrons. The molecule has 2 atom stereocenters. The van der Waals surface area contributed by atoms with Gasteiger partial charge in [-0.2, -0.15) is 0 Å². The van der Waals surface area contributed by atoms with Crippen molar-refractivity contribution in [2.24, 2.45) is 0 Å². The highest BCUT2D eigenvalue weighted by Crippen LogP contribution is 2.21. The predicted octanol–water partition coefficient (Wildman–Crippen LogP) is 0.952. The largest absolute Gasteiger partial charge is 0.379 e. The van der Waals surface area contributed by atoms with Gasteiger partial charge in [-0.3, -0.25) is 14.9 Å². The van der Waals surface area contributed by atoms with Crippen LogP contribution in [0.15, 0.2) is 30.3 Å². The lowest BCUT2D eigenvalue weighted by Crippen LogP contribution is -2.42. The highest BCUT2D eigenvalue weighted by Gasteiger charge is 2.30. The van der Waals surface area contributed by atoms with E-state index in [-0.39, 0.29) is 29.3 Å². The molecule has 6 nitrogen and oxygen atoms in total. The fraction of sp³-hybridized carbons (Fsp3) is 0.462. The van der Waals surface area contributed by atoms with Gasteiger partial charge >= 0.3 is 0 Å². The smallest absolute Gasteiger partial charge is 0.222 e. The highest BCUT2D eigenvalue weighted by atomic mass is 16.6. The van der Waals surface area contributed by atoms with E-state index in [1.54, 1.807) is 0 Å². The summed E-state index contributed by atoms with van der Waals surface area (Å²) in [7, 11) is 0. The number of amides is 1. The molecule has 0 aliphatic carbocycles. The molecule has 1 saturated heterocycles.